The molecule has 0 radical (unpaired) electrons. The molecule has 8 heteroatoms. The largest absolute Gasteiger partial charge is 0.497 e. The van der Waals surface area contributed by atoms with Crippen molar-refractivity contribution >= 4 is 33.2 Å². The van der Waals surface area contributed by atoms with Gasteiger partial charge >= 0.3 is 0 Å². The molecule has 0 fully saturated rings. The Morgan fingerprint density at radius 1 is 1.19 bits per heavy atom. The Morgan fingerprint density at radius 2 is 1.88 bits per heavy atom. The van der Waals surface area contributed by atoms with Crippen molar-refractivity contribution in [2.24, 2.45) is 9.50 Å². The Bertz CT molecular complexity index is 910. The van der Waals surface area contributed by atoms with E-state index in [1.165, 1.54) is 31.0 Å². The molecule has 0 spiro atoms. The van der Waals surface area contributed by atoms with E-state index in [0.717, 1.165) is 5.56 Å². The first-order chi connectivity index (χ1) is 12.5. The number of hydrogen-bond acceptors (Lipinski definition) is 5. The van der Waals surface area contributed by atoms with Gasteiger partial charge in [0.25, 0.3) is 10.0 Å². The summed E-state index contributed by atoms with van der Waals surface area (Å²) in [5.41, 5.74) is 1.06. The summed E-state index contributed by atoms with van der Waals surface area (Å²) >= 11 is 1.25. The molecule has 0 saturated carbocycles. The molecule has 0 bridgehead atoms. The lowest BCUT2D eigenvalue weighted by Gasteiger charge is -2.24. The minimum atomic E-state index is -3.84. The highest BCUT2D eigenvalue weighted by atomic mass is 32.2. The lowest BCUT2D eigenvalue weighted by Crippen LogP contribution is -2.25. The first-order valence-corrected chi connectivity index (χ1v) is 10.6. The van der Waals surface area contributed by atoms with Crippen LogP contribution in [0, 0.1) is 0 Å². The molecule has 1 unspecified atom stereocenters. The molecule has 1 aliphatic heterocycles. The van der Waals surface area contributed by atoms with E-state index in [9.17, 15) is 8.42 Å². The molecule has 0 saturated heterocycles. The summed E-state index contributed by atoms with van der Waals surface area (Å²) < 4.78 is 34.5. The monoisotopic (exact) mass is 389 g/mol. The number of methoxy groups -OCH3 is 1. The molecular formula is C18H19N3O3S2. The zero-order valence-corrected chi connectivity index (χ0v) is 16.1. The van der Waals surface area contributed by atoms with Gasteiger partial charge in [-0.25, -0.2) is 5.01 Å². The Kier molecular flexibility index (Phi) is 5.63. The standard InChI is InChI=1S/C18H19N3O3S2/c1-24-15-8-10-16(11-9-15)26(22,23)20-18(25-2)21-17(12-13-19-21)14-6-4-3-5-7-14/h3-11,13,17H,12H2,1-2H3. The SMILES string of the molecule is COc1ccc(S(=O)(=O)N=C(SC)N2N=CCC2c2ccccc2)cc1. The highest BCUT2D eigenvalue weighted by Crippen LogP contribution is 2.31. The van der Waals surface area contributed by atoms with Gasteiger partial charge in [0.2, 0.25) is 0 Å². The summed E-state index contributed by atoms with van der Waals surface area (Å²) in [5.74, 6) is 0.589. The Morgan fingerprint density at radius 3 is 2.50 bits per heavy atom. The predicted molar refractivity (Wildman–Crippen MR) is 105 cm³/mol. The zero-order valence-electron chi connectivity index (χ0n) is 14.4. The number of hydrogen-bond donors (Lipinski definition) is 0. The summed E-state index contributed by atoms with van der Waals surface area (Å²) in [6.45, 7) is 0. The van der Waals surface area contributed by atoms with Crippen LogP contribution in [0.4, 0.5) is 0 Å². The highest BCUT2D eigenvalue weighted by Gasteiger charge is 2.28. The number of nitrogens with zero attached hydrogens (tertiary/aromatic N) is 3. The van der Waals surface area contributed by atoms with E-state index in [4.69, 9.17) is 4.74 Å². The molecule has 1 aliphatic rings. The van der Waals surface area contributed by atoms with E-state index in [1.54, 1.807) is 29.6 Å². The molecule has 2 aromatic carbocycles. The summed E-state index contributed by atoms with van der Waals surface area (Å²) in [4.78, 5) is 0.115. The van der Waals surface area contributed by atoms with Gasteiger partial charge in [-0.1, -0.05) is 42.1 Å². The first kappa shape index (κ1) is 18.5. The van der Waals surface area contributed by atoms with Crippen molar-refractivity contribution in [1.29, 1.82) is 0 Å². The van der Waals surface area contributed by atoms with Gasteiger partial charge in [0, 0.05) is 12.6 Å². The van der Waals surface area contributed by atoms with Crippen molar-refractivity contribution in [2.45, 2.75) is 17.4 Å². The average Bonchev–Trinajstić information content (AvgIpc) is 3.16. The molecule has 1 heterocycles. The average molecular weight is 390 g/mol. The summed E-state index contributed by atoms with van der Waals surface area (Å²) in [6, 6.07) is 16.0. The van der Waals surface area contributed by atoms with Gasteiger partial charge in [0.15, 0.2) is 5.17 Å². The first-order valence-electron chi connectivity index (χ1n) is 7.95. The fourth-order valence-corrected chi connectivity index (χ4v) is 4.45. The van der Waals surface area contributed by atoms with Gasteiger partial charge < -0.3 is 4.74 Å². The van der Waals surface area contributed by atoms with Gasteiger partial charge in [-0.05, 0) is 36.1 Å². The van der Waals surface area contributed by atoms with Gasteiger partial charge in [-0.3, -0.25) is 0 Å². The molecule has 3 rings (SSSR count). The molecule has 2 aromatic rings. The molecule has 136 valence electrons. The number of benzene rings is 2. The van der Waals surface area contributed by atoms with Crippen molar-refractivity contribution in [3.63, 3.8) is 0 Å². The topological polar surface area (TPSA) is 71.3 Å². The minimum Gasteiger partial charge on any atom is -0.497 e. The van der Waals surface area contributed by atoms with Crippen LogP contribution < -0.4 is 4.74 Å². The van der Waals surface area contributed by atoms with Crippen LogP contribution in [0.5, 0.6) is 5.75 Å². The van der Waals surface area contributed by atoms with Crippen molar-refractivity contribution in [1.82, 2.24) is 5.01 Å². The Labute approximate surface area is 157 Å². The van der Waals surface area contributed by atoms with E-state index in [0.29, 0.717) is 17.3 Å². The number of rotatable bonds is 4. The van der Waals surface area contributed by atoms with Gasteiger partial charge in [-0.15, -0.1) is 4.40 Å². The lowest BCUT2D eigenvalue weighted by atomic mass is 10.1. The van der Waals surface area contributed by atoms with E-state index in [2.05, 4.69) is 9.50 Å². The fraction of sp³-hybridized carbons (Fsp3) is 0.222. The number of hydrazone groups is 1. The maximum absolute atomic E-state index is 12.7. The second kappa shape index (κ2) is 7.92. The maximum atomic E-state index is 12.7. The van der Waals surface area contributed by atoms with Crippen molar-refractivity contribution in [3.05, 3.63) is 60.2 Å². The van der Waals surface area contributed by atoms with Crippen molar-refractivity contribution in [3.8, 4) is 5.75 Å². The molecule has 6 nitrogen and oxygen atoms in total. The van der Waals surface area contributed by atoms with Crippen LogP contribution in [0.1, 0.15) is 18.0 Å². The van der Waals surface area contributed by atoms with Crippen LogP contribution in [0.3, 0.4) is 0 Å². The minimum absolute atomic E-state index is 0.0616. The van der Waals surface area contributed by atoms with Gasteiger partial charge in [-0.2, -0.15) is 13.5 Å². The van der Waals surface area contributed by atoms with E-state index < -0.39 is 10.0 Å². The maximum Gasteiger partial charge on any atom is 0.284 e. The number of amidine groups is 1. The van der Waals surface area contributed by atoms with Gasteiger partial charge in [0.1, 0.15) is 5.75 Å². The number of sulfonamides is 1. The van der Waals surface area contributed by atoms with Gasteiger partial charge in [0.05, 0.1) is 18.0 Å². The molecule has 26 heavy (non-hydrogen) atoms. The number of thioether (sulfide) groups is 1. The van der Waals surface area contributed by atoms with Crippen LogP contribution in [-0.4, -0.2) is 38.2 Å². The molecule has 0 amide bonds. The summed E-state index contributed by atoms with van der Waals surface area (Å²) in [7, 11) is -2.31. The normalized spacial score (nSPS) is 17.5. The second-order valence-corrected chi connectivity index (χ2v) is 7.91. The van der Waals surface area contributed by atoms with Crippen LogP contribution in [0.15, 0.2) is 69.0 Å². The van der Waals surface area contributed by atoms with Crippen molar-refractivity contribution < 1.29 is 13.2 Å². The predicted octanol–water partition coefficient (Wildman–Crippen LogP) is 3.54. The van der Waals surface area contributed by atoms with E-state index in [1.807, 2.05) is 30.3 Å². The molecule has 0 N–H and O–H groups in total. The third-order valence-electron chi connectivity index (χ3n) is 3.95. The van der Waals surface area contributed by atoms with E-state index >= 15 is 0 Å². The second-order valence-electron chi connectivity index (χ2n) is 5.53. The highest BCUT2D eigenvalue weighted by molar-refractivity contribution is 8.13. The molecule has 0 aromatic heterocycles. The van der Waals surface area contributed by atoms with E-state index in [-0.39, 0.29) is 10.9 Å². The fourth-order valence-electron chi connectivity index (χ4n) is 2.63. The molecular weight excluding hydrogens is 370 g/mol. The van der Waals surface area contributed by atoms with Crippen LogP contribution in [0.25, 0.3) is 0 Å². The molecule has 1 atom stereocenters. The van der Waals surface area contributed by atoms with Crippen LogP contribution in [-0.2, 0) is 10.0 Å². The molecule has 0 aliphatic carbocycles. The van der Waals surface area contributed by atoms with Crippen LogP contribution in [0.2, 0.25) is 0 Å². The zero-order chi connectivity index (χ0) is 18.6. The Balaban J connectivity index is 1.92. The quantitative estimate of drug-likeness (QED) is 0.591. The third kappa shape index (κ3) is 3.91. The summed E-state index contributed by atoms with van der Waals surface area (Å²) in [5, 5.41) is 6.35. The number of ether oxygens (including phenoxy) is 1. The third-order valence-corrected chi connectivity index (χ3v) is 5.99. The Hall–Kier alpha value is -2.32. The van der Waals surface area contributed by atoms with Crippen LogP contribution >= 0.6 is 11.8 Å². The lowest BCUT2D eigenvalue weighted by molar-refractivity contribution is 0.377. The summed E-state index contributed by atoms with van der Waals surface area (Å²) in [6.07, 6.45) is 4.27. The smallest absolute Gasteiger partial charge is 0.284 e. The van der Waals surface area contributed by atoms with Crippen molar-refractivity contribution in [2.75, 3.05) is 13.4 Å².